The van der Waals surface area contributed by atoms with Crippen molar-refractivity contribution >= 4 is 39.2 Å². The molecule has 1 heterocycles. The molecule has 1 amide bonds. The highest BCUT2D eigenvalue weighted by Crippen LogP contribution is 2.25. The lowest BCUT2D eigenvalue weighted by Crippen LogP contribution is -2.42. The average molecular weight is 465 g/mol. The Kier molecular flexibility index (Phi) is 7.69. The number of piperidine rings is 1. The first-order valence-corrected chi connectivity index (χ1v) is 12.1. The quantitative estimate of drug-likeness (QED) is 0.631. The van der Waals surface area contributed by atoms with E-state index in [9.17, 15) is 18.0 Å². The summed E-state index contributed by atoms with van der Waals surface area (Å²) in [6.07, 6.45) is 0.820. The number of hydrogen-bond donors (Lipinski definition) is 1. The first-order chi connectivity index (χ1) is 14.8. The van der Waals surface area contributed by atoms with Crippen LogP contribution in [0.1, 0.15) is 35.7 Å². The van der Waals surface area contributed by atoms with Crippen LogP contribution in [0.4, 0.5) is 5.69 Å². The number of nitrogens with zero attached hydrogens (tertiary/aromatic N) is 1. The summed E-state index contributed by atoms with van der Waals surface area (Å²) < 4.78 is 31.9. The molecule has 9 heteroatoms. The number of halogens is 1. The number of anilines is 1. The van der Waals surface area contributed by atoms with Crippen molar-refractivity contribution in [3.8, 4) is 0 Å². The van der Waals surface area contributed by atoms with Crippen LogP contribution in [0.15, 0.2) is 48.5 Å². The lowest BCUT2D eigenvalue weighted by atomic mass is 9.97. The Balaban J connectivity index is 1.59. The SMILES string of the molecule is CCOC(=O)c1ccccc1NC(=O)C1CCN(S(=O)(=O)Cc2ccc(Cl)cc2)CC1. The lowest BCUT2D eigenvalue weighted by molar-refractivity contribution is -0.120. The van der Waals surface area contributed by atoms with Gasteiger partial charge in [0, 0.05) is 24.0 Å². The summed E-state index contributed by atoms with van der Waals surface area (Å²) in [5, 5.41) is 3.35. The van der Waals surface area contributed by atoms with Gasteiger partial charge in [0.25, 0.3) is 0 Å². The number of carbonyl (C=O) groups is 2. The topological polar surface area (TPSA) is 92.8 Å². The van der Waals surface area contributed by atoms with Crippen molar-refractivity contribution in [2.75, 3.05) is 25.0 Å². The first-order valence-electron chi connectivity index (χ1n) is 10.1. The van der Waals surface area contributed by atoms with Crippen LogP contribution in [0.3, 0.4) is 0 Å². The fraction of sp³-hybridized carbons (Fsp3) is 0.364. The minimum absolute atomic E-state index is 0.103. The van der Waals surface area contributed by atoms with E-state index in [4.69, 9.17) is 16.3 Å². The Morgan fingerprint density at radius 2 is 1.74 bits per heavy atom. The van der Waals surface area contributed by atoms with Gasteiger partial charge in [0.2, 0.25) is 15.9 Å². The molecule has 0 spiro atoms. The Morgan fingerprint density at radius 3 is 2.39 bits per heavy atom. The number of sulfonamides is 1. The number of para-hydroxylation sites is 1. The van der Waals surface area contributed by atoms with E-state index in [1.54, 1.807) is 55.5 Å². The van der Waals surface area contributed by atoms with E-state index >= 15 is 0 Å². The van der Waals surface area contributed by atoms with Crippen molar-refractivity contribution in [1.29, 1.82) is 0 Å². The number of carbonyl (C=O) groups excluding carboxylic acids is 2. The highest BCUT2D eigenvalue weighted by atomic mass is 35.5. The molecule has 3 rings (SSSR count). The van der Waals surface area contributed by atoms with Gasteiger partial charge < -0.3 is 10.1 Å². The first kappa shape index (κ1) is 23.2. The van der Waals surface area contributed by atoms with E-state index < -0.39 is 16.0 Å². The number of esters is 1. The van der Waals surface area contributed by atoms with Crippen molar-refractivity contribution in [2.45, 2.75) is 25.5 Å². The molecule has 0 aliphatic carbocycles. The van der Waals surface area contributed by atoms with Crippen LogP contribution in [-0.4, -0.2) is 44.3 Å². The zero-order valence-electron chi connectivity index (χ0n) is 17.2. The van der Waals surface area contributed by atoms with Crippen molar-refractivity contribution < 1.29 is 22.7 Å². The number of ether oxygens (including phenoxy) is 1. The van der Waals surface area contributed by atoms with E-state index in [1.807, 2.05) is 0 Å². The molecule has 0 radical (unpaired) electrons. The highest BCUT2D eigenvalue weighted by Gasteiger charge is 2.31. The van der Waals surface area contributed by atoms with Gasteiger partial charge in [0.1, 0.15) is 0 Å². The summed E-state index contributed by atoms with van der Waals surface area (Å²) >= 11 is 5.85. The van der Waals surface area contributed by atoms with Gasteiger partial charge in [-0.05, 0) is 49.6 Å². The maximum absolute atomic E-state index is 12.7. The Bertz CT molecular complexity index is 1030. The second-order valence-corrected chi connectivity index (χ2v) is 9.72. The van der Waals surface area contributed by atoms with Crippen molar-refractivity contribution in [1.82, 2.24) is 4.31 Å². The average Bonchev–Trinajstić information content (AvgIpc) is 2.76. The van der Waals surface area contributed by atoms with E-state index in [-0.39, 0.29) is 37.3 Å². The van der Waals surface area contributed by atoms with Gasteiger partial charge in [-0.25, -0.2) is 17.5 Å². The van der Waals surface area contributed by atoms with Crippen LogP contribution in [0.25, 0.3) is 0 Å². The summed E-state index contributed by atoms with van der Waals surface area (Å²) in [5.74, 6) is -1.17. The fourth-order valence-corrected chi connectivity index (χ4v) is 5.18. The summed E-state index contributed by atoms with van der Waals surface area (Å²) in [6, 6.07) is 13.4. The van der Waals surface area contributed by atoms with Crippen LogP contribution in [0.5, 0.6) is 0 Å². The number of benzene rings is 2. The molecule has 2 aromatic carbocycles. The van der Waals surface area contributed by atoms with E-state index in [2.05, 4.69) is 5.32 Å². The van der Waals surface area contributed by atoms with Gasteiger partial charge in [-0.2, -0.15) is 0 Å². The lowest BCUT2D eigenvalue weighted by Gasteiger charge is -2.30. The molecule has 31 heavy (non-hydrogen) atoms. The molecule has 0 aromatic heterocycles. The molecule has 7 nitrogen and oxygen atoms in total. The monoisotopic (exact) mass is 464 g/mol. The minimum Gasteiger partial charge on any atom is -0.462 e. The molecule has 1 aliphatic heterocycles. The number of hydrogen-bond acceptors (Lipinski definition) is 5. The Hall–Kier alpha value is -2.42. The molecule has 1 aliphatic rings. The Labute approximate surface area is 187 Å². The molecule has 0 bridgehead atoms. The minimum atomic E-state index is -3.48. The Morgan fingerprint density at radius 1 is 1.10 bits per heavy atom. The van der Waals surface area contributed by atoms with Gasteiger partial charge in [-0.3, -0.25) is 4.79 Å². The molecule has 1 N–H and O–H groups in total. The maximum atomic E-state index is 12.7. The van der Waals surface area contributed by atoms with E-state index in [0.717, 1.165) is 0 Å². The molecule has 0 saturated carbocycles. The number of nitrogens with one attached hydrogen (secondary N) is 1. The maximum Gasteiger partial charge on any atom is 0.340 e. The predicted octanol–water partition coefficient (Wildman–Crippen LogP) is 3.70. The smallest absolute Gasteiger partial charge is 0.340 e. The summed E-state index contributed by atoms with van der Waals surface area (Å²) in [5.41, 5.74) is 1.35. The summed E-state index contributed by atoms with van der Waals surface area (Å²) in [4.78, 5) is 24.8. The normalized spacial score (nSPS) is 15.4. The molecular weight excluding hydrogens is 440 g/mol. The molecule has 0 atom stereocenters. The zero-order chi connectivity index (χ0) is 22.4. The predicted molar refractivity (Wildman–Crippen MR) is 119 cm³/mol. The number of amides is 1. The molecule has 1 fully saturated rings. The summed E-state index contributed by atoms with van der Waals surface area (Å²) in [6.45, 7) is 2.50. The third kappa shape index (κ3) is 6.06. The van der Waals surface area contributed by atoms with Crippen LogP contribution in [0, 0.1) is 5.92 Å². The van der Waals surface area contributed by atoms with Gasteiger partial charge in [-0.15, -0.1) is 0 Å². The van der Waals surface area contributed by atoms with Crippen molar-refractivity contribution in [3.05, 3.63) is 64.7 Å². The molecule has 166 valence electrons. The van der Waals surface area contributed by atoms with Crippen molar-refractivity contribution in [2.24, 2.45) is 5.92 Å². The van der Waals surface area contributed by atoms with Gasteiger partial charge >= 0.3 is 5.97 Å². The van der Waals surface area contributed by atoms with E-state index in [1.165, 1.54) is 4.31 Å². The van der Waals surface area contributed by atoms with Crippen LogP contribution in [-0.2, 0) is 25.3 Å². The van der Waals surface area contributed by atoms with Crippen LogP contribution >= 0.6 is 11.6 Å². The molecule has 1 saturated heterocycles. The van der Waals surface area contributed by atoms with Gasteiger partial charge in [0.05, 0.1) is 23.6 Å². The third-order valence-corrected chi connectivity index (χ3v) is 7.26. The summed E-state index contributed by atoms with van der Waals surface area (Å²) in [7, 11) is -3.48. The highest BCUT2D eigenvalue weighted by molar-refractivity contribution is 7.88. The second-order valence-electron chi connectivity index (χ2n) is 7.31. The van der Waals surface area contributed by atoms with E-state index in [0.29, 0.717) is 34.7 Å². The number of rotatable bonds is 7. The second kappa shape index (κ2) is 10.3. The standard InChI is InChI=1S/C22H25ClN2O5S/c1-2-30-22(27)19-5-3-4-6-20(19)24-21(26)17-11-13-25(14-12-17)31(28,29)15-16-7-9-18(23)10-8-16/h3-10,17H,2,11-15H2,1H3,(H,24,26). The van der Waals surface area contributed by atoms with Gasteiger partial charge in [-0.1, -0.05) is 35.9 Å². The third-order valence-electron chi connectivity index (χ3n) is 5.16. The van der Waals surface area contributed by atoms with Crippen LogP contribution < -0.4 is 5.32 Å². The molecular formula is C22H25ClN2O5S. The largest absolute Gasteiger partial charge is 0.462 e. The van der Waals surface area contributed by atoms with Crippen molar-refractivity contribution in [3.63, 3.8) is 0 Å². The zero-order valence-corrected chi connectivity index (χ0v) is 18.8. The molecule has 0 unspecified atom stereocenters. The molecule has 2 aromatic rings. The van der Waals surface area contributed by atoms with Crippen LogP contribution in [0.2, 0.25) is 5.02 Å². The van der Waals surface area contributed by atoms with Gasteiger partial charge in [0.15, 0.2) is 0 Å². The fourth-order valence-electron chi connectivity index (χ4n) is 3.49.